The average molecular weight is 515 g/mol. The first-order chi connectivity index (χ1) is 17.9. The number of nitrogens with zero attached hydrogens (tertiary/aromatic N) is 2. The molecular formula is C28H22N2O6S. The summed E-state index contributed by atoms with van der Waals surface area (Å²) in [4.78, 5) is 42.9. The molecule has 0 saturated carbocycles. The van der Waals surface area contributed by atoms with Gasteiger partial charge in [0.15, 0.2) is 4.80 Å². The number of fused-ring (bicyclic) bond motifs is 1. The van der Waals surface area contributed by atoms with Crippen molar-refractivity contribution in [3.8, 4) is 11.3 Å². The Morgan fingerprint density at radius 1 is 1.14 bits per heavy atom. The molecule has 5 rings (SSSR count). The highest BCUT2D eigenvalue weighted by Gasteiger charge is 2.33. The monoisotopic (exact) mass is 514 g/mol. The summed E-state index contributed by atoms with van der Waals surface area (Å²) in [5.41, 5.74) is 2.05. The lowest BCUT2D eigenvalue weighted by Gasteiger charge is -2.24. The van der Waals surface area contributed by atoms with E-state index in [9.17, 15) is 19.5 Å². The Morgan fingerprint density at radius 3 is 2.65 bits per heavy atom. The van der Waals surface area contributed by atoms with Gasteiger partial charge in [0.1, 0.15) is 11.5 Å². The van der Waals surface area contributed by atoms with Crippen molar-refractivity contribution in [2.45, 2.75) is 19.9 Å². The number of hydrogen-bond acceptors (Lipinski definition) is 7. The fourth-order valence-corrected chi connectivity index (χ4v) is 5.29. The van der Waals surface area contributed by atoms with Gasteiger partial charge < -0.3 is 14.3 Å². The Bertz CT molecular complexity index is 1730. The lowest BCUT2D eigenvalue weighted by Crippen LogP contribution is -2.39. The summed E-state index contributed by atoms with van der Waals surface area (Å²) in [5.74, 6) is -0.630. The maximum Gasteiger partial charge on any atom is 0.338 e. The van der Waals surface area contributed by atoms with Crippen LogP contribution in [0.1, 0.15) is 41.6 Å². The molecule has 0 fully saturated rings. The lowest BCUT2D eigenvalue weighted by molar-refractivity contribution is -0.139. The third kappa shape index (κ3) is 4.56. The van der Waals surface area contributed by atoms with Gasteiger partial charge in [-0.15, -0.1) is 0 Å². The van der Waals surface area contributed by atoms with Crippen LogP contribution in [0.2, 0.25) is 0 Å². The highest BCUT2D eigenvalue weighted by molar-refractivity contribution is 7.07. The van der Waals surface area contributed by atoms with Crippen molar-refractivity contribution < 1.29 is 23.8 Å². The van der Waals surface area contributed by atoms with Gasteiger partial charge >= 0.3 is 11.9 Å². The van der Waals surface area contributed by atoms with Crippen molar-refractivity contribution in [3.05, 3.63) is 115 Å². The molecule has 1 N–H and O–H groups in total. The first-order valence-electron chi connectivity index (χ1n) is 11.6. The van der Waals surface area contributed by atoms with Gasteiger partial charge in [-0.2, -0.15) is 0 Å². The molecule has 186 valence electrons. The number of esters is 1. The number of thiazole rings is 1. The topological polar surface area (TPSA) is 111 Å². The maximum absolute atomic E-state index is 13.6. The van der Waals surface area contributed by atoms with Crippen LogP contribution in [0.5, 0.6) is 0 Å². The second kappa shape index (κ2) is 9.87. The molecule has 0 saturated heterocycles. The van der Waals surface area contributed by atoms with Crippen LogP contribution in [-0.4, -0.2) is 28.2 Å². The van der Waals surface area contributed by atoms with E-state index in [4.69, 9.17) is 9.15 Å². The van der Waals surface area contributed by atoms with Crippen LogP contribution in [0, 0.1) is 0 Å². The Balaban J connectivity index is 1.61. The summed E-state index contributed by atoms with van der Waals surface area (Å²) in [6.07, 6.45) is 1.62. The van der Waals surface area contributed by atoms with Gasteiger partial charge in [-0.3, -0.25) is 9.36 Å². The molecule has 8 nitrogen and oxygen atoms in total. The third-order valence-electron chi connectivity index (χ3n) is 5.93. The van der Waals surface area contributed by atoms with Crippen molar-refractivity contribution >= 4 is 29.4 Å². The Hall–Kier alpha value is -4.50. The molecule has 3 heterocycles. The molecule has 9 heteroatoms. The van der Waals surface area contributed by atoms with Crippen LogP contribution in [0.25, 0.3) is 17.4 Å². The van der Waals surface area contributed by atoms with Crippen LogP contribution < -0.4 is 14.9 Å². The van der Waals surface area contributed by atoms with Crippen molar-refractivity contribution in [2.75, 3.05) is 6.61 Å². The molecule has 1 aliphatic rings. The van der Waals surface area contributed by atoms with Gasteiger partial charge in [0.2, 0.25) is 0 Å². The molecule has 0 aliphatic carbocycles. The van der Waals surface area contributed by atoms with Crippen molar-refractivity contribution in [2.24, 2.45) is 4.99 Å². The molecule has 0 amide bonds. The van der Waals surface area contributed by atoms with Crippen molar-refractivity contribution in [3.63, 3.8) is 0 Å². The Labute approximate surface area is 215 Å². The van der Waals surface area contributed by atoms with E-state index in [1.54, 1.807) is 44.2 Å². The molecule has 0 spiro atoms. The molecule has 37 heavy (non-hydrogen) atoms. The Morgan fingerprint density at radius 2 is 1.92 bits per heavy atom. The van der Waals surface area contributed by atoms with Gasteiger partial charge in [-0.25, -0.2) is 14.6 Å². The molecular weight excluding hydrogens is 492 g/mol. The zero-order valence-electron chi connectivity index (χ0n) is 20.0. The number of aromatic nitrogens is 1. The smallest absolute Gasteiger partial charge is 0.338 e. The SMILES string of the molecule is CCOC(=O)C1=C(C)N=c2s/c(=C/c3ccc(-c4cccc(C(=O)O)c4)o3)c(=O)n2[C@@H]1c1ccccc1. The number of aromatic carboxylic acids is 1. The maximum atomic E-state index is 13.6. The van der Waals surface area contributed by atoms with Gasteiger partial charge in [0.25, 0.3) is 5.56 Å². The number of carboxylic acids is 1. The number of carbonyl (C=O) groups is 2. The minimum Gasteiger partial charge on any atom is -0.478 e. The number of ether oxygens (including phenoxy) is 1. The summed E-state index contributed by atoms with van der Waals surface area (Å²) in [6, 6.07) is 18.5. The predicted molar refractivity (Wildman–Crippen MR) is 138 cm³/mol. The number of furan rings is 1. The van der Waals surface area contributed by atoms with Crippen LogP contribution in [-0.2, 0) is 9.53 Å². The number of rotatable bonds is 6. The number of carboxylic acid groups (broad SMARTS) is 1. The van der Waals surface area contributed by atoms with Gasteiger partial charge in [-0.1, -0.05) is 53.8 Å². The largest absolute Gasteiger partial charge is 0.478 e. The van der Waals surface area contributed by atoms with Crippen LogP contribution in [0.3, 0.4) is 0 Å². The van der Waals surface area contributed by atoms with E-state index in [1.165, 1.54) is 28.0 Å². The van der Waals surface area contributed by atoms with Gasteiger partial charge in [-0.05, 0) is 43.7 Å². The van der Waals surface area contributed by atoms with E-state index in [0.29, 0.717) is 37.7 Å². The summed E-state index contributed by atoms with van der Waals surface area (Å²) in [5, 5.41) is 9.26. The average Bonchev–Trinajstić information content (AvgIpc) is 3.48. The number of allylic oxidation sites excluding steroid dienone is 1. The van der Waals surface area contributed by atoms with Crippen LogP contribution in [0.4, 0.5) is 0 Å². The predicted octanol–water partition coefficient (Wildman–Crippen LogP) is 3.76. The standard InChI is InChI=1S/C28H22N2O6S/c1-3-35-27(34)23-16(2)29-28-30(24(23)17-8-5-4-6-9-17)25(31)22(37-28)15-20-12-13-21(36-20)18-10-7-11-19(14-18)26(32)33/h4-15,24H,3H2,1-2H3,(H,32,33)/b22-15+/t24-/m1/s1. The minimum absolute atomic E-state index is 0.150. The van der Waals surface area contributed by atoms with Crippen molar-refractivity contribution in [1.29, 1.82) is 0 Å². The fourth-order valence-electron chi connectivity index (χ4n) is 4.26. The number of benzene rings is 2. The highest BCUT2D eigenvalue weighted by Crippen LogP contribution is 2.30. The van der Waals surface area contributed by atoms with Crippen LogP contribution >= 0.6 is 11.3 Å². The molecule has 0 radical (unpaired) electrons. The van der Waals surface area contributed by atoms with Gasteiger partial charge in [0.05, 0.1) is 34.0 Å². The lowest BCUT2D eigenvalue weighted by atomic mass is 9.96. The molecule has 4 aromatic rings. The quantitative estimate of drug-likeness (QED) is 0.392. The second-order valence-electron chi connectivity index (χ2n) is 8.30. The summed E-state index contributed by atoms with van der Waals surface area (Å²) < 4.78 is 13.1. The molecule has 2 aromatic heterocycles. The molecule has 1 atom stereocenters. The highest BCUT2D eigenvalue weighted by atomic mass is 32.1. The Kier molecular flexibility index (Phi) is 6.45. The summed E-state index contributed by atoms with van der Waals surface area (Å²) in [6.45, 7) is 3.68. The molecule has 2 aromatic carbocycles. The van der Waals surface area contributed by atoms with Crippen molar-refractivity contribution in [1.82, 2.24) is 4.57 Å². The van der Waals surface area contributed by atoms with E-state index >= 15 is 0 Å². The summed E-state index contributed by atoms with van der Waals surface area (Å²) >= 11 is 1.20. The van der Waals surface area contributed by atoms with E-state index in [1.807, 2.05) is 30.3 Å². The molecule has 0 unspecified atom stereocenters. The fraction of sp³-hybridized carbons (Fsp3) is 0.143. The zero-order chi connectivity index (χ0) is 26.1. The normalized spacial score (nSPS) is 15.3. The van der Waals surface area contributed by atoms with E-state index in [0.717, 1.165) is 5.56 Å². The first-order valence-corrected chi connectivity index (χ1v) is 12.4. The number of hydrogen-bond donors (Lipinski definition) is 1. The van der Waals surface area contributed by atoms with E-state index < -0.39 is 18.0 Å². The van der Waals surface area contributed by atoms with E-state index in [-0.39, 0.29) is 17.7 Å². The van der Waals surface area contributed by atoms with Crippen LogP contribution in [0.15, 0.2) is 92.2 Å². The first kappa shape index (κ1) is 24.2. The minimum atomic E-state index is -1.03. The molecule has 0 bridgehead atoms. The zero-order valence-corrected chi connectivity index (χ0v) is 20.8. The van der Waals surface area contributed by atoms with E-state index in [2.05, 4.69) is 4.99 Å². The second-order valence-corrected chi connectivity index (χ2v) is 9.31. The summed E-state index contributed by atoms with van der Waals surface area (Å²) in [7, 11) is 0. The number of carbonyl (C=O) groups excluding carboxylic acids is 1. The third-order valence-corrected chi connectivity index (χ3v) is 6.91. The molecule has 1 aliphatic heterocycles. The van der Waals surface area contributed by atoms with Gasteiger partial charge in [0, 0.05) is 11.6 Å².